The van der Waals surface area contributed by atoms with E-state index in [-0.39, 0.29) is 16.7 Å². The smallest absolute Gasteiger partial charge is 0.192 e. The molecule has 1 aromatic heterocycles. The van der Waals surface area contributed by atoms with E-state index in [1.165, 1.54) is 36.0 Å². The Hall–Kier alpha value is -1.78. The number of thioether (sulfide) groups is 1. The summed E-state index contributed by atoms with van der Waals surface area (Å²) in [6.07, 6.45) is 0. The van der Waals surface area contributed by atoms with E-state index >= 15 is 0 Å². The van der Waals surface area contributed by atoms with E-state index in [9.17, 15) is 20.8 Å². The molecule has 0 bridgehead atoms. The first-order valence-electron chi connectivity index (χ1n) is 5.74. The average Bonchev–Trinajstić information content (AvgIpc) is 2.97. The Morgan fingerprint density at radius 2 is 1.90 bits per heavy atom. The molecule has 3 rings (SSSR count). The Kier molecular flexibility index (Phi) is 3.28. The predicted molar refractivity (Wildman–Crippen MR) is 73.7 cm³/mol. The summed E-state index contributed by atoms with van der Waals surface area (Å²) in [5.41, 5.74) is 0.939. The summed E-state index contributed by atoms with van der Waals surface area (Å²) in [7, 11) is 0. The first-order valence-corrected chi connectivity index (χ1v) is 6.72. The van der Waals surface area contributed by atoms with Gasteiger partial charge in [0.1, 0.15) is 5.69 Å². The molecule has 0 aliphatic carbocycles. The first-order chi connectivity index (χ1) is 9.58. The maximum absolute atomic E-state index is 10.6. The highest BCUT2D eigenvalue weighted by atomic mass is 32.2. The van der Waals surface area contributed by atoms with Crippen LogP contribution in [0.3, 0.4) is 0 Å². The summed E-state index contributed by atoms with van der Waals surface area (Å²) in [5.74, 6) is 0.989. The number of hydrogen-bond donors (Lipinski definition) is 2. The van der Waals surface area contributed by atoms with Gasteiger partial charge >= 0.3 is 0 Å². The van der Waals surface area contributed by atoms with Crippen LogP contribution in [0.1, 0.15) is 0 Å². The summed E-state index contributed by atoms with van der Waals surface area (Å²) >= 11 is 1.52. The van der Waals surface area contributed by atoms with E-state index in [1.54, 1.807) is 4.57 Å². The fraction of sp³-hybridized carbons (Fsp3) is 0.182. The zero-order valence-corrected chi connectivity index (χ0v) is 10.9. The van der Waals surface area contributed by atoms with Gasteiger partial charge in [0.2, 0.25) is 0 Å². The van der Waals surface area contributed by atoms with E-state index in [4.69, 9.17) is 0 Å². The molecule has 0 atom stereocenters. The summed E-state index contributed by atoms with van der Waals surface area (Å²) < 4.78 is 1.70. The van der Waals surface area contributed by atoms with Gasteiger partial charge in [-0.3, -0.25) is 10.4 Å². The second-order valence-corrected chi connectivity index (χ2v) is 5.22. The van der Waals surface area contributed by atoms with Gasteiger partial charge in [0.05, 0.1) is 0 Å². The van der Waals surface area contributed by atoms with Crippen molar-refractivity contribution in [3.05, 3.63) is 34.7 Å². The summed E-state index contributed by atoms with van der Waals surface area (Å²) in [6.45, 7) is 0.632. The zero-order valence-electron chi connectivity index (χ0n) is 10.1. The highest BCUT2D eigenvalue weighted by molar-refractivity contribution is 7.99. The van der Waals surface area contributed by atoms with Crippen molar-refractivity contribution in [1.82, 2.24) is 9.55 Å². The number of aromatic nitrogens is 2. The number of imidazole rings is 1. The molecule has 106 valence electrons. The van der Waals surface area contributed by atoms with Crippen LogP contribution in [0.4, 0.5) is 11.5 Å². The highest BCUT2D eigenvalue weighted by Gasteiger charge is 2.25. The minimum atomic E-state index is -0.488. The Labute approximate surface area is 117 Å². The number of nitrogens with zero attached hydrogens (tertiary/aromatic N) is 4. The summed E-state index contributed by atoms with van der Waals surface area (Å²) in [4.78, 5) is 4.35. The minimum Gasteiger partial charge on any atom is -0.769 e. The third-order valence-electron chi connectivity index (χ3n) is 2.99. The average molecular weight is 294 g/mol. The van der Waals surface area contributed by atoms with Crippen LogP contribution in [0.5, 0.6) is 0 Å². The van der Waals surface area contributed by atoms with Gasteiger partial charge in [-0.05, 0) is 12.1 Å². The third-order valence-corrected chi connectivity index (χ3v) is 3.95. The second kappa shape index (κ2) is 4.96. The molecular weight excluding hydrogens is 284 g/mol. The minimum absolute atomic E-state index is 0.0266. The van der Waals surface area contributed by atoms with Gasteiger partial charge in [0, 0.05) is 23.5 Å². The number of rotatable bonds is 3. The molecule has 0 saturated carbocycles. The Morgan fingerprint density at radius 1 is 1.20 bits per heavy atom. The predicted octanol–water partition coefficient (Wildman–Crippen LogP) is 2.04. The number of hydrogen-bond acceptors (Lipinski definition) is 8. The molecule has 0 fully saturated rings. The molecule has 0 saturated heterocycles. The maximum atomic E-state index is 10.6. The van der Waals surface area contributed by atoms with Gasteiger partial charge in [-0.25, -0.2) is 4.98 Å². The number of anilines is 2. The molecule has 9 heteroatoms. The van der Waals surface area contributed by atoms with Gasteiger partial charge in [0.25, 0.3) is 0 Å². The van der Waals surface area contributed by atoms with E-state index < -0.39 is 5.23 Å². The Bertz CT molecular complexity index is 626. The molecule has 0 spiro atoms. The monoisotopic (exact) mass is 294 g/mol. The van der Waals surface area contributed by atoms with Crippen LogP contribution in [0.2, 0.25) is 0 Å². The Morgan fingerprint density at radius 3 is 2.50 bits per heavy atom. The molecule has 0 unspecified atom stereocenters. The largest absolute Gasteiger partial charge is 0.769 e. The molecular formula is C11H10N4O4S-2. The second-order valence-electron chi connectivity index (χ2n) is 4.16. The first kappa shape index (κ1) is 13.2. The van der Waals surface area contributed by atoms with Crippen LogP contribution in [-0.4, -0.2) is 25.7 Å². The van der Waals surface area contributed by atoms with Crippen LogP contribution in [-0.2, 0) is 6.54 Å². The topological polar surface area (TPSA) is 111 Å². The fourth-order valence-corrected chi connectivity index (χ4v) is 3.05. The number of fused-ring (bicyclic) bond motifs is 1. The van der Waals surface area contributed by atoms with Gasteiger partial charge in [-0.15, -0.1) is 5.23 Å². The van der Waals surface area contributed by atoms with Crippen molar-refractivity contribution in [2.45, 2.75) is 11.7 Å². The normalized spacial score (nSPS) is 13.4. The molecule has 2 heterocycles. The van der Waals surface area contributed by atoms with Crippen molar-refractivity contribution in [3.63, 3.8) is 0 Å². The molecule has 2 N–H and O–H groups in total. The lowest BCUT2D eigenvalue weighted by Gasteiger charge is -2.37. The quantitative estimate of drug-likeness (QED) is 0.827. The van der Waals surface area contributed by atoms with Gasteiger partial charge in [0.15, 0.2) is 11.0 Å². The third kappa shape index (κ3) is 2.11. The molecule has 0 amide bonds. The van der Waals surface area contributed by atoms with Gasteiger partial charge in [-0.1, -0.05) is 23.9 Å². The standard InChI is InChI=1S/C11H10N4O4S/c16-14(17)8-3-1-7(2-4-8)9-10(15(18)19)13-5-6-20-11(13)12-9/h1-4,18-19H,5-6H2/q-2. The van der Waals surface area contributed by atoms with Crippen molar-refractivity contribution in [1.29, 1.82) is 0 Å². The lowest BCUT2D eigenvalue weighted by molar-refractivity contribution is 0.0250. The molecule has 20 heavy (non-hydrogen) atoms. The highest BCUT2D eigenvalue weighted by Crippen LogP contribution is 2.37. The summed E-state index contributed by atoms with van der Waals surface area (Å²) in [5, 5.41) is 40.3. The molecule has 0 radical (unpaired) electrons. The fourth-order valence-electron chi connectivity index (χ4n) is 2.10. The van der Waals surface area contributed by atoms with E-state index in [1.807, 2.05) is 0 Å². The van der Waals surface area contributed by atoms with Crippen molar-refractivity contribution in [3.8, 4) is 11.3 Å². The molecule has 1 aromatic carbocycles. The van der Waals surface area contributed by atoms with Crippen molar-refractivity contribution < 1.29 is 10.4 Å². The van der Waals surface area contributed by atoms with Crippen LogP contribution in [0.25, 0.3) is 11.3 Å². The van der Waals surface area contributed by atoms with Gasteiger partial charge in [-0.2, -0.15) is 0 Å². The van der Waals surface area contributed by atoms with Crippen molar-refractivity contribution in [2.75, 3.05) is 16.2 Å². The van der Waals surface area contributed by atoms with E-state index in [0.717, 1.165) is 5.75 Å². The SMILES string of the molecule is [O-]N([O-])c1ccc(-c2nc3n(c2N(O)O)CCS3)cc1. The van der Waals surface area contributed by atoms with Gasteiger partial charge < -0.3 is 20.2 Å². The van der Waals surface area contributed by atoms with Crippen LogP contribution >= 0.6 is 11.8 Å². The van der Waals surface area contributed by atoms with Crippen molar-refractivity contribution in [2.24, 2.45) is 0 Å². The molecule has 2 aromatic rings. The van der Waals surface area contributed by atoms with Crippen LogP contribution < -0.4 is 10.5 Å². The van der Waals surface area contributed by atoms with Crippen LogP contribution in [0.15, 0.2) is 29.4 Å². The van der Waals surface area contributed by atoms with E-state index in [0.29, 0.717) is 23.0 Å². The van der Waals surface area contributed by atoms with Crippen molar-refractivity contribution >= 4 is 23.3 Å². The number of benzene rings is 1. The lowest BCUT2D eigenvalue weighted by Crippen LogP contribution is -2.16. The summed E-state index contributed by atoms with van der Waals surface area (Å²) in [6, 6.07) is 5.79. The molecule has 1 aliphatic rings. The lowest BCUT2D eigenvalue weighted by atomic mass is 10.1. The maximum Gasteiger partial charge on any atom is 0.192 e. The zero-order chi connectivity index (χ0) is 14.3. The van der Waals surface area contributed by atoms with Crippen LogP contribution in [0, 0.1) is 10.4 Å². The van der Waals surface area contributed by atoms with E-state index in [2.05, 4.69) is 4.98 Å². The molecule has 1 aliphatic heterocycles. The molecule has 8 nitrogen and oxygen atoms in total. The Balaban J connectivity index is 2.06.